The monoisotopic (exact) mass is 250 g/mol. The van der Waals surface area contributed by atoms with E-state index in [4.69, 9.17) is 10.6 Å². The minimum Gasteiger partial charge on any atom is -0.497 e. The predicted molar refractivity (Wildman–Crippen MR) is 63.6 cm³/mol. The molecule has 17 heavy (non-hydrogen) atoms. The summed E-state index contributed by atoms with van der Waals surface area (Å²) in [5, 5.41) is 3.92. The highest BCUT2D eigenvalue weighted by atomic mass is 32.1. The normalized spacial score (nSPS) is 10.0. The number of benzene rings is 1. The Hall–Kier alpha value is -1.99. The van der Waals surface area contributed by atoms with Gasteiger partial charge in [-0.25, -0.2) is 5.84 Å². The summed E-state index contributed by atoms with van der Waals surface area (Å²) in [5.41, 5.74) is 3.37. The number of amides is 1. The van der Waals surface area contributed by atoms with Crippen LogP contribution in [0.1, 0.15) is 9.67 Å². The van der Waals surface area contributed by atoms with Crippen molar-refractivity contribution in [3.63, 3.8) is 0 Å². The molecule has 1 heterocycles. The van der Waals surface area contributed by atoms with E-state index in [0.717, 1.165) is 22.8 Å². The number of hydrazine groups is 1. The number of rotatable bonds is 3. The third-order valence-electron chi connectivity index (χ3n) is 2.19. The number of aromatic nitrogens is 2. The highest BCUT2D eigenvalue weighted by molar-refractivity contribution is 7.08. The maximum absolute atomic E-state index is 11.5. The second kappa shape index (κ2) is 4.89. The average molecular weight is 250 g/mol. The van der Waals surface area contributed by atoms with Gasteiger partial charge in [-0.05, 0) is 35.8 Å². The van der Waals surface area contributed by atoms with E-state index in [9.17, 15) is 4.79 Å². The number of methoxy groups -OCH3 is 1. The van der Waals surface area contributed by atoms with Crippen LogP contribution in [0.25, 0.3) is 11.3 Å². The van der Waals surface area contributed by atoms with Gasteiger partial charge in [0, 0.05) is 5.56 Å². The molecule has 0 bridgehead atoms. The molecule has 1 aromatic heterocycles. The summed E-state index contributed by atoms with van der Waals surface area (Å²) in [4.78, 5) is 11.8. The van der Waals surface area contributed by atoms with Crippen molar-refractivity contribution in [2.75, 3.05) is 7.11 Å². The van der Waals surface area contributed by atoms with Gasteiger partial charge in [0.2, 0.25) is 0 Å². The largest absolute Gasteiger partial charge is 0.497 e. The van der Waals surface area contributed by atoms with E-state index in [1.165, 1.54) is 0 Å². The number of nitrogens with zero attached hydrogens (tertiary/aromatic N) is 2. The number of hydrogen-bond donors (Lipinski definition) is 2. The van der Waals surface area contributed by atoms with Gasteiger partial charge in [0.05, 0.1) is 7.11 Å². The van der Waals surface area contributed by atoms with Crippen molar-refractivity contribution < 1.29 is 9.53 Å². The molecule has 0 atom stereocenters. The van der Waals surface area contributed by atoms with Crippen molar-refractivity contribution >= 4 is 17.4 Å². The Labute approximate surface area is 102 Å². The molecule has 1 aromatic carbocycles. The topological polar surface area (TPSA) is 90.1 Å². The summed E-state index contributed by atoms with van der Waals surface area (Å²) in [5.74, 6) is 5.43. The van der Waals surface area contributed by atoms with Gasteiger partial charge < -0.3 is 4.74 Å². The zero-order valence-electron chi connectivity index (χ0n) is 9.01. The Kier molecular flexibility index (Phi) is 3.31. The SMILES string of the molecule is COc1ccc(-c2nnsc2C(=O)NN)cc1. The summed E-state index contributed by atoms with van der Waals surface area (Å²) in [6.07, 6.45) is 0. The minimum absolute atomic E-state index is 0.387. The number of carbonyl (C=O) groups is 1. The Morgan fingerprint density at radius 3 is 2.71 bits per heavy atom. The predicted octanol–water partition coefficient (Wildman–Crippen LogP) is 0.817. The van der Waals surface area contributed by atoms with Crippen molar-refractivity contribution in [3.05, 3.63) is 29.1 Å². The van der Waals surface area contributed by atoms with E-state index in [2.05, 4.69) is 15.0 Å². The van der Waals surface area contributed by atoms with E-state index in [-0.39, 0.29) is 0 Å². The number of ether oxygens (including phenoxy) is 1. The van der Waals surface area contributed by atoms with Crippen LogP contribution in [0.5, 0.6) is 5.75 Å². The standard InChI is InChI=1S/C10H10N4O2S/c1-16-7-4-2-6(3-5-7)8-9(10(15)12-11)17-14-13-8/h2-5H,11H2,1H3,(H,12,15). The lowest BCUT2D eigenvalue weighted by Crippen LogP contribution is -2.29. The molecular formula is C10H10N4O2S. The lowest BCUT2D eigenvalue weighted by Gasteiger charge is -2.02. The van der Waals surface area contributed by atoms with Crippen molar-refractivity contribution in [2.45, 2.75) is 0 Å². The molecule has 0 saturated carbocycles. The van der Waals surface area contributed by atoms with Gasteiger partial charge in [0.1, 0.15) is 16.3 Å². The second-order valence-electron chi connectivity index (χ2n) is 3.15. The maximum Gasteiger partial charge on any atom is 0.279 e. The van der Waals surface area contributed by atoms with E-state index in [1.54, 1.807) is 19.2 Å². The lowest BCUT2D eigenvalue weighted by molar-refractivity contribution is 0.0958. The molecule has 0 aliphatic heterocycles. The Balaban J connectivity index is 2.39. The quantitative estimate of drug-likeness (QED) is 0.478. The number of hydrogen-bond acceptors (Lipinski definition) is 6. The van der Waals surface area contributed by atoms with Crippen LogP contribution >= 0.6 is 11.5 Å². The Morgan fingerprint density at radius 2 is 2.12 bits per heavy atom. The summed E-state index contributed by atoms with van der Waals surface area (Å²) < 4.78 is 8.81. The van der Waals surface area contributed by atoms with Gasteiger partial charge in [-0.2, -0.15) is 0 Å². The van der Waals surface area contributed by atoms with Crippen LogP contribution in [0.2, 0.25) is 0 Å². The minimum atomic E-state index is -0.397. The second-order valence-corrected chi connectivity index (χ2v) is 3.91. The van der Waals surface area contributed by atoms with Crippen LogP contribution in [-0.4, -0.2) is 22.6 Å². The Morgan fingerprint density at radius 1 is 1.41 bits per heavy atom. The fourth-order valence-electron chi connectivity index (χ4n) is 1.34. The van der Waals surface area contributed by atoms with Crippen LogP contribution in [0.3, 0.4) is 0 Å². The molecule has 3 N–H and O–H groups in total. The van der Waals surface area contributed by atoms with Gasteiger partial charge in [0.25, 0.3) is 5.91 Å². The van der Waals surface area contributed by atoms with Crippen molar-refractivity contribution in [3.8, 4) is 17.0 Å². The van der Waals surface area contributed by atoms with Gasteiger partial charge in [-0.3, -0.25) is 10.2 Å². The molecule has 0 unspecified atom stereocenters. The van der Waals surface area contributed by atoms with Crippen LogP contribution < -0.4 is 16.0 Å². The van der Waals surface area contributed by atoms with Crippen LogP contribution in [-0.2, 0) is 0 Å². The van der Waals surface area contributed by atoms with E-state index in [1.807, 2.05) is 12.1 Å². The molecule has 0 fully saturated rings. The highest BCUT2D eigenvalue weighted by Gasteiger charge is 2.16. The molecule has 0 saturated heterocycles. The molecular weight excluding hydrogens is 240 g/mol. The van der Waals surface area contributed by atoms with E-state index in [0.29, 0.717) is 10.6 Å². The van der Waals surface area contributed by atoms with Gasteiger partial charge in [-0.15, -0.1) is 5.10 Å². The summed E-state index contributed by atoms with van der Waals surface area (Å²) in [6.45, 7) is 0. The number of nitrogen functional groups attached to an aromatic ring is 1. The average Bonchev–Trinajstić information content (AvgIpc) is 2.87. The molecule has 0 aliphatic rings. The zero-order chi connectivity index (χ0) is 12.3. The zero-order valence-corrected chi connectivity index (χ0v) is 9.82. The summed E-state index contributed by atoms with van der Waals surface area (Å²) >= 11 is 1.00. The van der Waals surface area contributed by atoms with Crippen molar-refractivity contribution in [2.24, 2.45) is 5.84 Å². The smallest absolute Gasteiger partial charge is 0.279 e. The van der Waals surface area contributed by atoms with Gasteiger partial charge >= 0.3 is 0 Å². The van der Waals surface area contributed by atoms with Crippen LogP contribution in [0.15, 0.2) is 24.3 Å². The molecule has 2 aromatic rings. The molecule has 6 nitrogen and oxygen atoms in total. The van der Waals surface area contributed by atoms with Crippen LogP contribution in [0, 0.1) is 0 Å². The molecule has 2 rings (SSSR count). The van der Waals surface area contributed by atoms with Crippen molar-refractivity contribution in [1.29, 1.82) is 0 Å². The fraction of sp³-hybridized carbons (Fsp3) is 0.100. The maximum atomic E-state index is 11.5. The summed E-state index contributed by atoms with van der Waals surface area (Å²) in [7, 11) is 1.59. The molecule has 0 aliphatic carbocycles. The van der Waals surface area contributed by atoms with Gasteiger partial charge in [0.15, 0.2) is 0 Å². The number of nitrogens with two attached hydrogens (primary N) is 1. The highest BCUT2D eigenvalue weighted by Crippen LogP contribution is 2.25. The van der Waals surface area contributed by atoms with Crippen molar-refractivity contribution in [1.82, 2.24) is 15.0 Å². The first-order valence-corrected chi connectivity index (χ1v) is 5.51. The summed E-state index contributed by atoms with van der Waals surface area (Å²) in [6, 6.07) is 7.20. The van der Waals surface area contributed by atoms with E-state index < -0.39 is 5.91 Å². The molecule has 7 heteroatoms. The fourth-order valence-corrected chi connectivity index (χ4v) is 1.93. The molecule has 88 valence electrons. The Bertz CT molecular complexity index is 523. The number of carbonyl (C=O) groups excluding carboxylic acids is 1. The van der Waals surface area contributed by atoms with Crippen LogP contribution in [0.4, 0.5) is 0 Å². The lowest BCUT2D eigenvalue weighted by atomic mass is 10.1. The molecule has 1 amide bonds. The first-order valence-electron chi connectivity index (χ1n) is 4.74. The first-order chi connectivity index (χ1) is 8.26. The third-order valence-corrected chi connectivity index (χ3v) is 2.91. The van der Waals surface area contributed by atoms with E-state index >= 15 is 0 Å². The molecule has 0 spiro atoms. The number of nitrogens with one attached hydrogen (secondary N) is 1. The first kappa shape index (κ1) is 11.5. The third kappa shape index (κ3) is 2.24. The molecule has 0 radical (unpaired) electrons. The van der Waals surface area contributed by atoms with Gasteiger partial charge in [-0.1, -0.05) is 4.49 Å².